The fourth-order valence-electron chi connectivity index (χ4n) is 4.36. The van der Waals surface area contributed by atoms with Gasteiger partial charge in [0.15, 0.2) is 0 Å². The van der Waals surface area contributed by atoms with Crippen LogP contribution in [-0.4, -0.2) is 60.4 Å². The third-order valence-corrected chi connectivity index (χ3v) is 6.35. The first-order chi connectivity index (χ1) is 18.4. The van der Waals surface area contributed by atoms with Crippen LogP contribution in [0.4, 0.5) is 0 Å². The second-order valence-corrected chi connectivity index (χ2v) is 9.51. The molecular formula is C31H34N2O5. The van der Waals surface area contributed by atoms with Gasteiger partial charge in [-0.1, -0.05) is 55.8 Å². The zero-order valence-corrected chi connectivity index (χ0v) is 22.1. The SMILES string of the molecule is CCCCOc1cccc(C(O)=C2C(=O)C(=O)N(CCN(C)C)C2c2cccc(Oc3ccccc3)c2)c1. The van der Waals surface area contributed by atoms with Gasteiger partial charge in [0.1, 0.15) is 23.0 Å². The van der Waals surface area contributed by atoms with Crippen molar-refractivity contribution in [3.05, 3.63) is 95.6 Å². The molecule has 3 aromatic rings. The topological polar surface area (TPSA) is 79.3 Å². The molecule has 1 atom stereocenters. The molecule has 0 bridgehead atoms. The monoisotopic (exact) mass is 514 g/mol. The summed E-state index contributed by atoms with van der Waals surface area (Å²) in [5.41, 5.74) is 1.15. The number of likely N-dealkylation sites (N-methyl/N-ethyl adjacent to an activating group) is 1. The molecule has 0 spiro atoms. The maximum Gasteiger partial charge on any atom is 0.295 e. The molecule has 0 aromatic heterocycles. The number of carbonyl (C=O) groups excluding carboxylic acids is 2. The Hall–Kier alpha value is -4.10. The lowest BCUT2D eigenvalue weighted by molar-refractivity contribution is -0.140. The van der Waals surface area contributed by atoms with Crippen LogP contribution in [0.25, 0.3) is 5.76 Å². The minimum Gasteiger partial charge on any atom is -0.507 e. The van der Waals surface area contributed by atoms with Crippen LogP contribution in [0, 0.1) is 0 Å². The lowest BCUT2D eigenvalue weighted by Gasteiger charge is -2.27. The summed E-state index contributed by atoms with van der Waals surface area (Å²) in [7, 11) is 3.81. The fraction of sp³-hybridized carbons (Fsp3) is 0.290. The molecule has 1 fully saturated rings. The van der Waals surface area contributed by atoms with Gasteiger partial charge in [-0.3, -0.25) is 9.59 Å². The van der Waals surface area contributed by atoms with Crippen molar-refractivity contribution < 1.29 is 24.2 Å². The molecule has 198 valence electrons. The molecule has 7 nitrogen and oxygen atoms in total. The van der Waals surface area contributed by atoms with E-state index in [0.29, 0.717) is 48.1 Å². The van der Waals surface area contributed by atoms with Crippen molar-refractivity contribution >= 4 is 17.4 Å². The maximum absolute atomic E-state index is 13.3. The molecule has 38 heavy (non-hydrogen) atoms. The first-order valence-electron chi connectivity index (χ1n) is 12.9. The summed E-state index contributed by atoms with van der Waals surface area (Å²) in [4.78, 5) is 30.0. The number of para-hydroxylation sites is 1. The molecule has 1 N–H and O–H groups in total. The average Bonchev–Trinajstić information content (AvgIpc) is 3.17. The number of Topliss-reactive ketones (excluding diaryl/α,β-unsaturated/α-hetero) is 1. The molecule has 1 saturated heterocycles. The van der Waals surface area contributed by atoms with E-state index in [1.54, 1.807) is 18.2 Å². The minimum absolute atomic E-state index is 0.0522. The summed E-state index contributed by atoms with van der Waals surface area (Å²) in [5, 5.41) is 11.4. The van der Waals surface area contributed by atoms with Gasteiger partial charge in [0.25, 0.3) is 11.7 Å². The Labute approximate surface area is 223 Å². The molecule has 3 aromatic carbocycles. The van der Waals surface area contributed by atoms with Gasteiger partial charge in [0.05, 0.1) is 18.2 Å². The number of nitrogens with zero attached hydrogens (tertiary/aromatic N) is 2. The van der Waals surface area contributed by atoms with Crippen molar-refractivity contribution in [2.24, 2.45) is 0 Å². The van der Waals surface area contributed by atoms with Crippen molar-refractivity contribution in [3.8, 4) is 17.2 Å². The molecule has 7 heteroatoms. The third-order valence-electron chi connectivity index (χ3n) is 6.35. The Morgan fingerprint density at radius 1 is 0.921 bits per heavy atom. The zero-order chi connectivity index (χ0) is 27.1. The number of hydrogen-bond acceptors (Lipinski definition) is 6. The Balaban J connectivity index is 1.75. The first kappa shape index (κ1) is 26.9. The van der Waals surface area contributed by atoms with Crippen molar-refractivity contribution in [3.63, 3.8) is 0 Å². The number of benzene rings is 3. The number of likely N-dealkylation sites (tertiary alicyclic amines) is 1. The van der Waals surface area contributed by atoms with E-state index in [1.807, 2.05) is 79.7 Å². The number of aliphatic hydroxyl groups excluding tert-OH is 1. The Morgan fingerprint density at radius 2 is 1.63 bits per heavy atom. The van der Waals surface area contributed by atoms with E-state index < -0.39 is 17.7 Å². The van der Waals surface area contributed by atoms with Crippen LogP contribution in [0.5, 0.6) is 17.2 Å². The van der Waals surface area contributed by atoms with Gasteiger partial charge < -0.3 is 24.4 Å². The first-order valence-corrected chi connectivity index (χ1v) is 12.9. The summed E-state index contributed by atoms with van der Waals surface area (Å²) in [6.45, 7) is 3.53. The number of hydrogen-bond donors (Lipinski definition) is 1. The second kappa shape index (κ2) is 12.4. The van der Waals surface area contributed by atoms with E-state index in [4.69, 9.17) is 9.47 Å². The zero-order valence-electron chi connectivity index (χ0n) is 22.1. The van der Waals surface area contributed by atoms with Gasteiger partial charge in [-0.25, -0.2) is 0 Å². The van der Waals surface area contributed by atoms with Gasteiger partial charge in [-0.2, -0.15) is 0 Å². The third kappa shape index (κ3) is 6.23. The predicted molar refractivity (Wildman–Crippen MR) is 147 cm³/mol. The summed E-state index contributed by atoms with van der Waals surface area (Å²) in [5.74, 6) is 0.264. The van der Waals surface area contributed by atoms with Crippen molar-refractivity contribution in [2.45, 2.75) is 25.8 Å². The largest absolute Gasteiger partial charge is 0.507 e. The lowest BCUT2D eigenvalue weighted by Crippen LogP contribution is -2.35. The van der Waals surface area contributed by atoms with E-state index in [-0.39, 0.29) is 11.3 Å². The quantitative estimate of drug-likeness (QED) is 0.154. The van der Waals surface area contributed by atoms with E-state index in [9.17, 15) is 14.7 Å². The molecule has 0 aliphatic carbocycles. The van der Waals surface area contributed by atoms with Gasteiger partial charge in [0.2, 0.25) is 0 Å². The number of ether oxygens (including phenoxy) is 2. The Kier molecular flexibility index (Phi) is 8.81. The Morgan fingerprint density at radius 3 is 2.37 bits per heavy atom. The highest BCUT2D eigenvalue weighted by Gasteiger charge is 2.46. The molecule has 0 saturated carbocycles. The van der Waals surface area contributed by atoms with Gasteiger partial charge >= 0.3 is 0 Å². The van der Waals surface area contributed by atoms with Crippen LogP contribution in [0.2, 0.25) is 0 Å². The Bertz CT molecular complexity index is 1300. The maximum atomic E-state index is 13.3. The molecule has 1 unspecified atom stereocenters. The molecule has 1 heterocycles. The summed E-state index contributed by atoms with van der Waals surface area (Å²) in [6.07, 6.45) is 1.91. The van der Waals surface area contributed by atoms with E-state index >= 15 is 0 Å². The van der Waals surface area contributed by atoms with E-state index in [0.717, 1.165) is 12.8 Å². The average molecular weight is 515 g/mol. The molecule has 4 rings (SSSR count). The van der Waals surface area contributed by atoms with Crippen LogP contribution in [-0.2, 0) is 9.59 Å². The summed E-state index contributed by atoms with van der Waals surface area (Å²) >= 11 is 0. The van der Waals surface area contributed by atoms with E-state index in [2.05, 4.69) is 6.92 Å². The predicted octanol–water partition coefficient (Wildman–Crippen LogP) is 5.64. The van der Waals surface area contributed by atoms with Crippen LogP contribution in [0.1, 0.15) is 36.9 Å². The summed E-state index contributed by atoms with van der Waals surface area (Å²) < 4.78 is 11.8. The molecule has 1 aliphatic heterocycles. The summed E-state index contributed by atoms with van der Waals surface area (Å²) in [6, 6.07) is 22.9. The number of carbonyl (C=O) groups is 2. The highest BCUT2D eigenvalue weighted by molar-refractivity contribution is 6.46. The standard InChI is InChI=1S/C31H34N2O5/c1-4-5-19-37-25-15-10-12-23(21-25)29(34)27-28(33(18-17-32(2)3)31(36)30(27)35)22-11-9-16-26(20-22)38-24-13-7-6-8-14-24/h6-16,20-21,28,34H,4-5,17-19H2,1-3H3. The van der Waals surface area contributed by atoms with Gasteiger partial charge in [-0.05, 0) is 62.5 Å². The van der Waals surface area contributed by atoms with Crippen LogP contribution in [0.3, 0.4) is 0 Å². The van der Waals surface area contributed by atoms with Crippen molar-refractivity contribution in [1.82, 2.24) is 9.80 Å². The lowest BCUT2D eigenvalue weighted by atomic mass is 9.95. The molecule has 1 amide bonds. The van der Waals surface area contributed by atoms with Crippen LogP contribution < -0.4 is 9.47 Å². The van der Waals surface area contributed by atoms with E-state index in [1.165, 1.54) is 4.90 Å². The van der Waals surface area contributed by atoms with Crippen LogP contribution in [0.15, 0.2) is 84.4 Å². The molecule has 1 aliphatic rings. The minimum atomic E-state index is -0.765. The number of aliphatic hydroxyl groups is 1. The highest BCUT2D eigenvalue weighted by atomic mass is 16.5. The van der Waals surface area contributed by atoms with Crippen molar-refractivity contribution in [1.29, 1.82) is 0 Å². The number of amides is 1. The second-order valence-electron chi connectivity index (χ2n) is 9.51. The fourth-order valence-corrected chi connectivity index (χ4v) is 4.36. The molecular weight excluding hydrogens is 480 g/mol. The number of unbranched alkanes of at least 4 members (excludes halogenated alkanes) is 1. The van der Waals surface area contributed by atoms with Gasteiger partial charge in [0, 0.05) is 18.7 Å². The number of ketones is 1. The normalized spacial score (nSPS) is 16.7. The smallest absolute Gasteiger partial charge is 0.295 e. The van der Waals surface area contributed by atoms with Crippen molar-refractivity contribution in [2.75, 3.05) is 33.8 Å². The highest BCUT2D eigenvalue weighted by Crippen LogP contribution is 2.40. The van der Waals surface area contributed by atoms with Crippen LogP contribution >= 0.6 is 0 Å². The molecule has 0 radical (unpaired) electrons. The van der Waals surface area contributed by atoms with Gasteiger partial charge in [-0.15, -0.1) is 0 Å². The number of rotatable bonds is 11.